The SMILES string of the molecule is Br.CN(C)[C@@H]1C(=O)C(C(N)=O)=C(O)[C@@]2(O)C(=O)C3=C(O)c4c(ccc(NC(=O)C(C)(C)Br)c4O)CC3CC12. The number of primary amides is 1. The second-order valence-electron chi connectivity index (χ2n) is 10.4. The van der Waals surface area contributed by atoms with Crippen LogP contribution in [0, 0.1) is 11.8 Å². The van der Waals surface area contributed by atoms with Gasteiger partial charge in [-0.25, -0.2) is 0 Å². The van der Waals surface area contributed by atoms with Crippen LogP contribution in [-0.4, -0.2) is 78.8 Å². The van der Waals surface area contributed by atoms with Gasteiger partial charge in [0.1, 0.15) is 22.8 Å². The number of carbonyl (C=O) groups is 4. The summed E-state index contributed by atoms with van der Waals surface area (Å²) in [6, 6.07) is 1.93. The van der Waals surface area contributed by atoms with Crippen LogP contribution in [-0.2, 0) is 25.6 Å². The number of rotatable bonds is 4. The molecule has 4 atom stereocenters. The summed E-state index contributed by atoms with van der Waals surface area (Å²) in [7, 11) is 3.07. The van der Waals surface area contributed by atoms with Crippen molar-refractivity contribution in [2.24, 2.45) is 17.6 Å². The number of anilines is 1. The maximum Gasteiger partial charge on any atom is 0.255 e. The predicted octanol–water partition coefficient (Wildman–Crippen LogP) is 1.65. The molecule has 1 fully saturated rings. The van der Waals surface area contributed by atoms with Gasteiger partial charge in [-0.15, -0.1) is 17.0 Å². The second-order valence-corrected chi connectivity index (χ2v) is 12.4. The number of likely N-dealkylation sites (N-methyl/N-ethyl adjacent to an activating group) is 1. The summed E-state index contributed by atoms with van der Waals surface area (Å²) in [6.45, 7) is 3.21. The van der Waals surface area contributed by atoms with Crippen LogP contribution in [0.15, 0.2) is 29.0 Å². The zero-order valence-electron chi connectivity index (χ0n) is 21.0. The highest BCUT2D eigenvalue weighted by Crippen LogP contribution is 2.53. The van der Waals surface area contributed by atoms with Gasteiger partial charge >= 0.3 is 0 Å². The molecule has 3 aliphatic rings. The Hall–Kier alpha value is -2.74. The van der Waals surface area contributed by atoms with Crippen LogP contribution in [0.2, 0.25) is 0 Å². The van der Waals surface area contributed by atoms with Gasteiger partial charge in [-0.05, 0) is 58.3 Å². The van der Waals surface area contributed by atoms with Gasteiger partial charge in [0.25, 0.3) is 5.91 Å². The molecule has 3 aliphatic carbocycles. The fourth-order valence-electron chi connectivity index (χ4n) is 5.59. The first kappa shape index (κ1) is 29.8. The van der Waals surface area contributed by atoms with Crippen LogP contribution in [0.4, 0.5) is 5.69 Å². The van der Waals surface area contributed by atoms with Crippen LogP contribution < -0.4 is 11.1 Å². The first-order valence-electron chi connectivity index (χ1n) is 11.5. The van der Waals surface area contributed by atoms with Crippen molar-refractivity contribution in [1.29, 1.82) is 0 Å². The molecule has 2 amide bonds. The molecule has 0 heterocycles. The molecule has 206 valence electrons. The van der Waals surface area contributed by atoms with Gasteiger partial charge in [0.15, 0.2) is 11.4 Å². The minimum absolute atomic E-state index is 0. The number of phenols is 1. The number of aliphatic hydroxyl groups excluding tert-OH is 2. The van der Waals surface area contributed by atoms with Crippen LogP contribution in [0.5, 0.6) is 5.75 Å². The number of fused-ring (bicyclic) bond motifs is 3. The van der Waals surface area contributed by atoms with E-state index in [9.17, 15) is 39.6 Å². The van der Waals surface area contributed by atoms with Gasteiger partial charge in [-0.2, -0.15) is 0 Å². The highest BCUT2D eigenvalue weighted by molar-refractivity contribution is 9.10. The number of nitrogens with two attached hydrogens (primary N) is 1. The van der Waals surface area contributed by atoms with E-state index in [2.05, 4.69) is 21.2 Å². The van der Waals surface area contributed by atoms with Crippen molar-refractivity contribution in [3.63, 3.8) is 0 Å². The Morgan fingerprint density at radius 2 is 1.79 bits per heavy atom. The van der Waals surface area contributed by atoms with E-state index in [0.717, 1.165) is 0 Å². The summed E-state index contributed by atoms with van der Waals surface area (Å²) in [5.74, 6) is -7.71. The molecule has 0 aromatic heterocycles. The summed E-state index contributed by atoms with van der Waals surface area (Å²) in [6.07, 6.45) is 0.170. The number of halogens is 2. The van der Waals surface area contributed by atoms with E-state index in [0.29, 0.717) is 5.56 Å². The highest BCUT2D eigenvalue weighted by Gasteiger charge is 2.64. The number of alkyl halides is 1. The average Bonchev–Trinajstić information content (AvgIpc) is 2.77. The number of phenolic OH excluding ortho intramolecular Hbond substituents is 1. The molecule has 0 aliphatic heterocycles. The third-order valence-electron chi connectivity index (χ3n) is 7.38. The molecule has 0 bridgehead atoms. The van der Waals surface area contributed by atoms with Crippen LogP contribution in [0.1, 0.15) is 31.4 Å². The Bertz CT molecular complexity index is 1330. The molecule has 0 saturated heterocycles. The summed E-state index contributed by atoms with van der Waals surface area (Å²) in [4.78, 5) is 52.8. The number of Topliss-reactive ketones (excluding diaryl/α,β-unsaturated/α-hetero) is 2. The van der Waals surface area contributed by atoms with E-state index in [-0.39, 0.29) is 46.6 Å². The minimum Gasteiger partial charge on any atom is -0.508 e. The summed E-state index contributed by atoms with van der Waals surface area (Å²) in [5.41, 5.74) is 1.87. The molecule has 4 rings (SSSR count). The van der Waals surface area contributed by atoms with Gasteiger partial charge in [0, 0.05) is 11.5 Å². The summed E-state index contributed by atoms with van der Waals surface area (Å²) >= 11 is 3.23. The molecule has 13 heteroatoms. The van der Waals surface area contributed by atoms with E-state index in [4.69, 9.17) is 5.73 Å². The number of aliphatic hydroxyl groups is 3. The third-order valence-corrected chi connectivity index (χ3v) is 7.74. The van der Waals surface area contributed by atoms with Gasteiger partial charge in [0.05, 0.1) is 21.6 Å². The van der Waals surface area contributed by atoms with Crippen LogP contribution in [0.3, 0.4) is 0 Å². The van der Waals surface area contributed by atoms with Crippen molar-refractivity contribution >= 4 is 67.7 Å². The molecule has 11 nitrogen and oxygen atoms in total. The number of benzene rings is 1. The van der Waals surface area contributed by atoms with Gasteiger partial charge in [-0.3, -0.25) is 24.1 Å². The van der Waals surface area contributed by atoms with E-state index in [1.54, 1.807) is 19.9 Å². The predicted molar refractivity (Wildman–Crippen MR) is 146 cm³/mol. The minimum atomic E-state index is -2.70. The zero-order valence-corrected chi connectivity index (χ0v) is 24.3. The molecule has 1 aromatic rings. The molecule has 38 heavy (non-hydrogen) atoms. The normalized spacial score (nSPS) is 26.9. The van der Waals surface area contributed by atoms with Crippen molar-refractivity contribution < 1.29 is 39.6 Å². The van der Waals surface area contributed by atoms with E-state index in [1.165, 1.54) is 25.1 Å². The number of ketones is 2. The van der Waals surface area contributed by atoms with Crippen molar-refractivity contribution in [3.8, 4) is 5.75 Å². The molecule has 1 saturated carbocycles. The maximum absolute atomic E-state index is 13.8. The number of nitrogens with one attached hydrogen (secondary N) is 1. The topological polar surface area (TPSA) is 190 Å². The second kappa shape index (κ2) is 9.78. The number of amides is 2. The molecular weight excluding hydrogens is 630 g/mol. The average molecular weight is 659 g/mol. The van der Waals surface area contributed by atoms with E-state index < -0.39 is 74.0 Å². The Morgan fingerprint density at radius 3 is 2.32 bits per heavy atom. The smallest absolute Gasteiger partial charge is 0.255 e. The van der Waals surface area contributed by atoms with Crippen LogP contribution >= 0.6 is 32.9 Å². The molecule has 2 unspecified atom stereocenters. The van der Waals surface area contributed by atoms with Gasteiger partial charge in [0.2, 0.25) is 11.7 Å². The van der Waals surface area contributed by atoms with Crippen molar-refractivity contribution in [1.82, 2.24) is 4.90 Å². The molecule has 0 radical (unpaired) electrons. The van der Waals surface area contributed by atoms with Crippen LogP contribution in [0.25, 0.3) is 5.76 Å². The fraction of sp³-hybridized carbons (Fsp3) is 0.440. The first-order valence-corrected chi connectivity index (χ1v) is 12.3. The number of carbonyl (C=O) groups excluding carboxylic acids is 4. The Balaban J connectivity index is 0.00000400. The number of hydrogen-bond donors (Lipinski definition) is 6. The van der Waals surface area contributed by atoms with Gasteiger partial charge in [-0.1, -0.05) is 22.0 Å². The third kappa shape index (κ3) is 4.25. The molecule has 0 spiro atoms. The largest absolute Gasteiger partial charge is 0.508 e. The van der Waals surface area contributed by atoms with E-state index in [1.807, 2.05) is 0 Å². The molecule has 1 aromatic carbocycles. The lowest BCUT2D eigenvalue weighted by atomic mass is 9.57. The maximum atomic E-state index is 13.8. The lowest BCUT2D eigenvalue weighted by Gasteiger charge is -2.50. The van der Waals surface area contributed by atoms with Crippen molar-refractivity contribution in [3.05, 3.63) is 40.2 Å². The zero-order chi connectivity index (χ0) is 27.8. The standard InChI is InChI=1S/C25H28BrN3O8.BrH/c1-24(2,26)23(36)28-12-6-5-9-7-10-8-11-16(29(3)4)19(32)15(22(27)35)21(34)25(11,37)20(33)14(10)18(31)13(9)17(12)30;/h5-6,10-11,16,30-31,34,37H,7-8H2,1-4H3,(H2,27,35)(H,28,36);1H/t10?,11?,16-,25-;/m0./s1. The summed E-state index contributed by atoms with van der Waals surface area (Å²) in [5, 5.41) is 47.2. The molecular formula is C25H29Br2N3O8. The monoisotopic (exact) mass is 657 g/mol. The first-order chi connectivity index (χ1) is 17.0. The Labute approximate surface area is 237 Å². The molecule has 7 N–H and O–H groups in total. The van der Waals surface area contributed by atoms with Gasteiger partial charge < -0.3 is 31.5 Å². The number of hydrogen-bond acceptors (Lipinski definition) is 9. The fourth-order valence-corrected chi connectivity index (χ4v) is 5.69. The number of aromatic hydroxyl groups is 1. The number of nitrogens with zero attached hydrogens (tertiary/aromatic N) is 1. The Kier molecular flexibility index (Phi) is 7.67. The lowest BCUT2D eigenvalue weighted by molar-refractivity contribution is -0.153. The summed E-state index contributed by atoms with van der Waals surface area (Å²) < 4.78 is -0.956. The van der Waals surface area contributed by atoms with Crippen molar-refractivity contribution in [2.45, 2.75) is 42.7 Å². The Morgan fingerprint density at radius 1 is 1.18 bits per heavy atom. The lowest BCUT2D eigenvalue weighted by Crippen LogP contribution is -2.65. The van der Waals surface area contributed by atoms with E-state index >= 15 is 0 Å². The van der Waals surface area contributed by atoms with Crippen molar-refractivity contribution in [2.75, 3.05) is 19.4 Å². The quantitative estimate of drug-likeness (QED) is 0.159. The highest BCUT2D eigenvalue weighted by atomic mass is 79.9.